The maximum Gasteiger partial charge on any atom is 0.382 e. The molecule has 0 atom stereocenters. The highest BCUT2D eigenvalue weighted by molar-refractivity contribution is 7.92. The summed E-state index contributed by atoms with van der Waals surface area (Å²) < 4.78 is 80.2. The molecule has 2 N–H and O–H groups in total. The van der Waals surface area contributed by atoms with Gasteiger partial charge in [-0.2, -0.15) is 13.6 Å². The van der Waals surface area contributed by atoms with E-state index in [1.54, 1.807) is 18.2 Å². The zero-order valence-electron chi connectivity index (χ0n) is 17.0. The van der Waals surface area contributed by atoms with E-state index >= 15 is 0 Å². The van der Waals surface area contributed by atoms with E-state index in [1.165, 1.54) is 12.1 Å². The number of nitrogens with two attached hydrogens (primary N) is 1. The Morgan fingerprint density at radius 2 is 1.66 bits per heavy atom. The van der Waals surface area contributed by atoms with Crippen molar-refractivity contribution < 1.29 is 34.6 Å². The fraction of sp³-hybridized carbons (Fsp3) is 0.381. The molecule has 1 fully saturated rings. The number of carbonyl (C=O) groups is 1. The molecule has 0 radical (unpaired) electrons. The molecule has 0 saturated heterocycles. The predicted molar refractivity (Wildman–Crippen MR) is 112 cm³/mol. The molecule has 1 aliphatic rings. The van der Waals surface area contributed by atoms with Gasteiger partial charge in [-0.05, 0) is 68.4 Å². The minimum atomic E-state index is -4.40. The second-order valence-electron chi connectivity index (χ2n) is 7.87. The van der Waals surface area contributed by atoms with E-state index in [4.69, 9.17) is 0 Å². The molecule has 11 heteroatoms. The molecule has 32 heavy (non-hydrogen) atoms. The molecule has 2 aromatic rings. The van der Waals surface area contributed by atoms with Crippen LogP contribution < -0.4 is 5.14 Å². The van der Waals surface area contributed by atoms with Crippen molar-refractivity contribution >= 4 is 26.1 Å². The number of hydrogen-bond acceptors (Lipinski definition) is 6. The molecule has 174 valence electrons. The Morgan fingerprint density at radius 3 is 2.25 bits per heavy atom. The number of halogens is 2. The summed E-state index contributed by atoms with van der Waals surface area (Å²) in [6.45, 7) is 0. The fourth-order valence-electron chi connectivity index (χ4n) is 4.28. The standard InChI is InChI=1S/C21H23F2NO6S2/c22-16-7-8-19(23)18(14-16)21(31(26,27)17-4-2-1-3-5-17)12-10-15(11-13-21)6-9-20(25)30-32(24,28)29/h1-5,7-8,14-15H,6,9-13H2,(H2,24,28,29). The molecule has 2 aromatic carbocycles. The molecule has 0 unspecified atom stereocenters. The van der Waals surface area contributed by atoms with E-state index in [1.807, 2.05) is 0 Å². The normalized spacial score (nSPS) is 21.8. The third-order valence-electron chi connectivity index (χ3n) is 5.87. The molecular weight excluding hydrogens is 464 g/mol. The lowest BCUT2D eigenvalue weighted by Gasteiger charge is -2.40. The molecule has 7 nitrogen and oxygen atoms in total. The Bertz CT molecular complexity index is 1190. The average Bonchev–Trinajstić information content (AvgIpc) is 2.73. The van der Waals surface area contributed by atoms with Crippen molar-refractivity contribution in [3.8, 4) is 0 Å². The summed E-state index contributed by atoms with van der Waals surface area (Å²) >= 11 is 0. The number of hydrogen-bond donors (Lipinski definition) is 1. The van der Waals surface area contributed by atoms with E-state index in [9.17, 15) is 30.4 Å². The number of benzene rings is 2. The minimum absolute atomic E-state index is 0.0128. The Labute approximate surface area is 185 Å². The summed E-state index contributed by atoms with van der Waals surface area (Å²) in [5.74, 6) is -2.67. The Kier molecular flexibility index (Phi) is 7.01. The van der Waals surface area contributed by atoms with Gasteiger partial charge in [0.2, 0.25) is 0 Å². The topological polar surface area (TPSA) is 121 Å². The van der Waals surface area contributed by atoms with Crippen molar-refractivity contribution in [3.05, 3.63) is 65.7 Å². The SMILES string of the molecule is NS(=O)(=O)OC(=O)CCC1CCC(c2cc(F)ccc2F)(S(=O)(=O)c2ccccc2)CC1. The third-order valence-corrected chi connectivity index (χ3v) is 8.83. The van der Waals surface area contributed by atoms with Crippen LogP contribution in [0.3, 0.4) is 0 Å². The van der Waals surface area contributed by atoms with Crippen molar-refractivity contribution in [1.82, 2.24) is 0 Å². The van der Waals surface area contributed by atoms with Gasteiger partial charge in [0.05, 0.1) is 4.90 Å². The first kappa shape index (κ1) is 24.3. The van der Waals surface area contributed by atoms with Crippen LogP contribution in [0.4, 0.5) is 8.78 Å². The van der Waals surface area contributed by atoms with Crippen molar-refractivity contribution in [1.29, 1.82) is 0 Å². The van der Waals surface area contributed by atoms with Crippen molar-refractivity contribution in [2.75, 3.05) is 0 Å². The van der Waals surface area contributed by atoms with Crippen LogP contribution in [0, 0.1) is 17.6 Å². The summed E-state index contributed by atoms with van der Waals surface area (Å²) in [5, 5.41) is 4.67. The van der Waals surface area contributed by atoms with Crippen LogP contribution in [-0.2, 0) is 33.9 Å². The van der Waals surface area contributed by atoms with Crippen LogP contribution in [0.15, 0.2) is 53.4 Å². The zero-order chi connectivity index (χ0) is 23.6. The van der Waals surface area contributed by atoms with Crippen LogP contribution in [0.25, 0.3) is 0 Å². The quantitative estimate of drug-likeness (QED) is 0.639. The predicted octanol–water partition coefficient (Wildman–Crippen LogP) is 3.35. The van der Waals surface area contributed by atoms with Crippen LogP contribution in [0.2, 0.25) is 0 Å². The van der Waals surface area contributed by atoms with Gasteiger partial charge in [-0.25, -0.2) is 17.2 Å². The lowest BCUT2D eigenvalue weighted by Crippen LogP contribution is -2.40. The first-order chi connectivity index (χ1) is 14.9. The minimum Gasteiger partial charge on any atom is -0.334 e. The van der Waals surface area contributed by atoms with Gasteiger partial charge in [0.15, 0.2) is 9.84 Å². The molecule has 0 aromatic heterocycles. The molecular formula is C21H23F2NO6S2. The van der Waals surface area contributed by atoms with Gasteiger partial charge in [0, 0.05) is 12.0 Å². The van der Waals surface area contributed by atoms with Gasteiger partial charge in [-0.1, -0.05) is 18.2 Å². The molecule has 0 heterocycles. The van der Waals surface area contributed by atoms with E-state index < -0.39 is 42.5 Å². The van der Waals surface area contributed by atoms with E-state index in [0.29, 0.717) is 12.8 Å². The molecule has 0 amide bonds. The summed E-state index contributed by atoms with van der Waals surface area (Å²) in [7, 11) is -8.48. The Morgan fingerprint density at radius 1 is 1.03 bits per heavy atom. The average molecular weight is 488 g/mol. The van der Waals surface area contributed by atoms with Gasteiger partial charge < -0.3 is 4.18 Å². The smallest absolute Gasteiger partial charge is 0.334 e. The van der Waals surface area contributed by atoms with Crippen molar-refractivity contribution in [2.24, 2.45) is 11.1 Å². The molecule has 0 bridgehead atoms. The van der Waals surface area contributed by atoms with Crippen molar-refractivity contribution in [2.45, 2.75) is 48.2 Å². The second-order valence-corrected chi connectivity index (χ2v) is 11.3. The highest BCUT2D eigenvalue weighted by Crippen LogP contribution is 2.49. The second kappa shape index (κ2) is 9.24. The molecule has 1 saturated carbocycles. The van der Waals surface area contributed by atoms with Gasteiger partial charge in [-0.15, -0.1) is 0 Å². The molecule has 0 aliphatic heterocycles. The van der Waals surface area contributed by atoms with Crippen LogP contribution >= 0.6 is 0 Å². The first-order valence-corrected chi connectivity index (χ1v) is 12.9. The van der Waals surface area contributed by atoms with Crippen LogP contribution in [-0.4, -0.2) is 22.8 Å². The number of sulfone groups is 1. The van der Waals surface area contributed by atoms with Gasteiger partial charge >= 0.3 is 16.3 Å². The lowest BCUT2D eigenvalue weighted by atomic mass is 9.76. The molecule has 0 spiro atoms. The number of carbonyl (C=O) groups excluding carboxylic acids is 1. The maximum absolute atomic E-state index is 14.8. The summed E-state index contributed by atoms with van der Waals surface area (Å²) in [6.07, 6.45) is 0.684. The summed E-state index contributed by atoms with van der Waals surface area (Å²) in [4.78, 5) is 11.6. The summed E-state index contributed by atoms with van der Waals surface area (Å²) in [5.41, 5.74) is -0.214. The largest absolute Gasteiger partial charge is 0.382 e. The Hall–Kier alpha value is -2.37. The highest BCUT2D eigenvalue weighted by atomic mass is 32.2. The van der Waals surface area contributed by atoms with Crippen molar-refractivity contribution in [3.63, 3.8) is 0 Å². The zero-order valence-corrected chi connectivity index (χ0v) is 18.7. The van der Waals surface area contributed by atoms with Gasteiger partial charge in [-0.3, -0.25) is 4.79 Å². The van der Waals surface area contributed by atoms with Crippen LogP contribution in [0.5, 0.6) is 0 Å². The van der Waals surface area contributed by atoms with E-state index in [2.05, 4.69) is 9.32 Å². The maximum atomic E-state index is 14.8. The lowest BCUT2D eigenvalue weighted by molar-refractivity contribution is -0.134. The van der Waals surface area contributed by atoms with E-state index in [0.717, 1.165) is 18.2 Å². The summed E-state index contributed by atoms with van der Waals surface area (Å²) in [6, 6.07) is 10.4. The third kappa shape index (κ3) is 5.16. The Balaban J connectivity index is 1.89. The van der Waals surface area contributed by atoms with E-state index in [-0.39, 0.29) is 42.1 Å². The number of rotatable bonds is 7. The monoisotopic (exact) mass is 487 g/mol. The first-order valence-electron chi connectivity index (χ1n) is 9.95. The fourth-order valence-corrected chi connectivity index (χ4v) is 6.81. The molecule has 1 aliphatic carbocycles. The van der Waals surface area contributed by atoms with Crippen LogP contribution in [0.1, 0.15) is 44.1 Å². The van der Waals surface area contributed by atoms with Gasteiger partial charge in [0.1, 0.15) is 16.4 Å². The molecule has 3 rings (SSSR count). The van der Waals surface area contributed by atoms with Gasteiger partial charge in [0.25, 0.3) is 0 Å². The highest BCUT2D eigenvalue weighted by Gasteiger charge is 2.49.